The molecule has 4 rings (SSSR count). The van der Waals surface area contributed by atoms with E-state index >= 15 is 0 Å². The first-order valence-electron chi connectivity index (χ1n) is 8.98. The van der Waals surface area contributed by atoms with Crippen molar-refractivity contribution in [2.45, 2.75) is 12.8 Å². The molecule has 1 aromatic heterocycles. The molecule has 0 radical (unpaired) electrons. The summed E-state index contributed by atoms with van der Waals surface area (Å²) >= 11 is 0. The number of nitrogens with zero attached hydrogens (tertiary/aromatic N) is 5. The Morgan fingerprint density at radius 1 is 1.08 bits per heavy atom. The number of nitrogens with one attached hydrogen (secondary N) is 1. The van der Waals surface area contributed by atoms with Crippen molar-refractivity contribution >= 4 is 17.5 Å². The Labute approximate surface area is 151 Å². The summed E-state index contributed by atoms with van der Waals surface area (Å²) in [5.74, 6) is 0.0168. The van der Waals surface area contributed by atoms with Crippen LogP contribution in [-0.2, 0) is 11.2 Å². The van der Waals surface area contributed by atoms with Gasteiger partial charge in [0.2, 0.25) is 5.91 Å². The Balaban J connectivity index is 1.34. The number of fused-ring (bicyclic) bond motifs is 1. The number of benzene rings is 1. The van der Waals surface area contributed by atoms with Crippen LogP contribution in [0, 0.1) is 0 Å². The first-order chi connectivity index (χ1) is 12.7. The lowest BCUT2D eigenvalue weighted by molar-refractivity contribution is -0.120. The Bertz CT molecular complexity index is 783. The lowest BCUT2D eigenvalue weighted by Gasteiger charge is -2.36. The molecule has 8 heteroatoms. The predicted molar refractivity (Wildman–Crippen MR) is 95.8 cm³/mol. The summed E-state index contributed by atoms with van der Waals surface area (Å²) in [5, 5.41) is 9.98. The normalized spacial score (nSPS) is 17.8. The van der Waals surface area contributed by atoms with Crippen molar-refractivity contribution in [2.24, 2.45) is 0 Å². The molecule has 0 spiro atoms. The molecule has 2 aliphatic rings. The van der Waals surface area contributed by atoms with Crippen molar-refractivity contribution in [3.63, 3.8) is 0 Å². The van der Waals surface area contributed by atoms with E-state index in [0.717, 1.165) is 25.1 Å². The third kappa shape index (κ3) is 3.32. The number of para-hydroxylation sites is 1. The quantitative estimate of drug-likeness (QED) is 0.870. The second-order valence-corrected chi connectivity index (χ2v) is 6.70. The molecule has 2 aliphatic heterocycles. The minimum absolute atomic E-state index is 0.116. The number of H-pyrrole nitrogens is 1. The standard InChI is InChI=1S/C18H22N6O2/c25-17(24-7-3-5-14-4-1-2-6-16(14)24)13-22-8-10-23(11-9-22)18(26)15-12-19-21-20-15/h1-2,4,6,12H,3,5,7-11,13H2,(H,19,20,21). The number of anilines is 1. The van der Waals surface area contributed by atoms with Gasteiger partial charge in [-0.15, -0.1) is 0 Å². The van der Waals surface area contributed by atoms with Crippen LogP contribution in [0.15, 0.2) is 30.5 Å². The number of amides is 2. The Kier molecular flexibility index (Phi) is 4.66. The van der Waals surface area contributed by atoms with Crippen LogP contribution in [0.4, 0.5) is 5.69 Å². The van der Waals surface area contributed by atoms with E-state index in [4.69, 9.17) is 0 Å². The highest BCUT2D eigenvalue weighted by atomic mass is 16.2. The number of carbonyl (C=O) groups is 2. The molecule has 0 bridgehead atoms. The SMILES string of the molecule is O=C(c1cn[nH]n1)N1CCN(CC(=O)N2CCCc3ccccc32)CC1. The van der Waals surface area contributed by atoms with E-state index in [-0.39, 0.29) is 11.8 Å². The molecule has 2 aromatic rings. The number of aromatic nitrogens is 3. The predicted octanol–water partition coefficient (Wildman–Crippen LogP) is 0.542. The van der Waals surface area contributed by atoms with E-state index in [2.05, 4.69) is 26.4 Å². The van der Waals surface area contributed by atoms with Gasteiger partial charge in [-0.1, -0.05) is 18.2 Å². The summed E-state index contributed by atoms with van der Waals surface area (Å²) in [6.07, 6.45) is 3.47. The van der Waals surface area contributed by atoms with E-state index in [1.165, 1.54) is 11.8 Å². The maximum absolute atomic E-state index is 12.8. The molecule has 1 saturated heterocycles. The Morgan fingerprint density at radius 2 is 1.88 bits per heavy atom. The monoisotopic (exact) mass is 354 g/mol. The van der Waals surface area contributed by atoms with Crippen molar-refractivity contribution in [3.05, 3.63) is 41.7 Å². The first kappa shape index (κ1) is 16.7. The molecule has 0 aliphatic carbocycles. The minimum atomic E-state index is -0.116. The van der Waals surface area contributed by atoms with E-state index in [1.54, 1.807) is 4.90 Å². The fourth-order valence-corrected chi connectivity index (χ4v) is 3.65. The maximum atomic E-state index is 12.8. The van der Waals surface area contributed by atoms with Gasteiger partial charge in [-0.25, -0.2) is 0 Å². The highest BCUT2D eigenvalue weighted by Crippen LogP contribution is 2.26. The van der Waals surface area contributed by atoms with Gasteiger partial charge in [-0.05, 0) is 24.5 Å². The second kappa shape index (κ2) is 7.25. The van der Waals surface area contributed by atoms with E-state index < -0.39 is 0 Å². The van der Waals surface area contributed by atoms with Crippen LogP contribution in [0.25, 0.3) is 0 Å². The number of piperazine rings is 1. The summed E-state index contributed by atoms with van der Waals surface area (Å²) in [6, 6.07) is 8.14. The van der Waals surface area contributed by atoms with Gasteiger partial charge in [0.25, 0.3) is 5.91 Å². The fourth-order valence-electron chi connectivity index (χ4n) is 3.65. The molecule has 1 fully saturated rings. The number of aryl methyl sites for hydroxylation is 1. The molecule has 136 valence electrons. The molecule has 1 aromatic carbocycles. The third-order valence-electron chi connectivity index (χ3n) is 5.06. The zero-order chi connectivity index (χ0) is 17.9. The second-order valence-electron chi connectivity index (χ2n) is 6.70. The Hall–Kier alpha value is -2.74. The molecule has 8 nitrogen and oxygen atoms in total. The molecular weight excluding hydrogens is 332 g/mol. The van der Waals surface area contributed by atoms with Crippen molar-refractivity contribution in [3.8, 4) is 0 Å². The lowest BCUT2D eigenvalue weighted by atomic mass is 10.0. The van der Waals surface area contributed by atoms with Gasteiger partial charge in [0.15, 0.2) is 5.69 Å². The first-order valence-corrected chi connectivity index (χ1v) is 8.98. The maximum Gasteiger partial charge on any atom is 0.276 e. The van der Waals surface area contributed by atoms with Crippen molar-refractivity contribution in [2.75, 3.05) is 44.2 Å². The van der Waals surface area contributed by atoms with Crippen LogP contribution >= 0.6 is 0 Å². The summed E-state index contributed by atoms with van der Waals surface area (Å²) in [6.45, 7) is 3.72. The van der Waals surface area contributed by atoms with Gasteiger partial charge in [0.05, 0.1) is 12.7 Å². The Morgan fingerprint density at radius 3 is 2.65 bits per heavy atom. The van der Waals surface area contributed by atoms with E-state index in [0.29, 0.717) is 38.4 Å². The van der Waals surface area contributed by atoms with Gasteiger partial charge >= 0.3 is 0 Å². The van der Waals surface area contributed by atoms with Gasteiger partial charge in [-0.3, -0.25) is 14.5 Å². The van der Waals surface area contributed by atoms with Gasteiger partial charge < -0.3 is 9.80 Å². The number of aromatic amines is 1. The number of hydrogen-bond acceptors (Lipinski definition) is 5. The largest absolute Gasteiger partial charge is 0.335 e. The molecule has 2 amide bonds. The van der Waals surface area contributed by atoms with Crippen LogP contribution in [0.2, 0.25) is 0 Å². The summed E-state index contributed by atoms with van der Waals surface area (Å²) in [4.78, 5) is 30.9. The third-order valence-corrected chi connectivity index (χ3v) is 5.06. The van der Waals surface area contributed by atoms with Crippen LogP contribution in [-0.4, -0.2) is 76.3 Å². The van der Waals surface area contributed by atoms with E-state index in [9.17, 15) is 9.59 Å². The lowest BCUT2D eigenvalue weighted by Crippen LogP contribution is -2.52. The molecule has 1 N–H and O–H groups in total. The summed E-state index contributed by atoms with van der Waals surface area (Å²) in [5.41, 5.74) is 2.62. The van der Waals surface area contributed by atoms with Gasteiger partial charge in [0.1, 0.15) is 0 Å². The van der Waals surface area contributed by atoms with Crippen LogP contribution < -0.4 is 4.90 Å². The molecular formula is C18H22N6O2. The minimum Gasteiger partial charge on any atom is -0.335 e. The highest BCUT2D eigenvalue weighted by Gasteiger charge is 2.27. The average molecular weight is 354 g/mol. The molecule has 26 heavy (non-hydrogen) atoms. The van der Waals surface area contributed by atoms with Gasteiger partial charge in [0, 0.05) is 38.4 Å². The van der Waals surface area contributed by atoms with Crippen molar-refractivity contribution < 1.29 is 9.59 Å². The van der Waals surface area contributed by atoms with E-state index in [1.807, 2.05) is 23.1 Å². The van der Waals surface area contributed by atoms with Crippen LogP contribution in [0.1, 0.15) is 22.5 Å². The average Bonchev–Trinajstić information content (AvgIpc) is 3.22. The highest BCUT2D eigenvalue weighted by molar-refractivity contribution is 5.96. The number of rotatable bonds is 3. The molecule has 0 saturated carbocycles. The molecule has 0 atom stereocenters. The summed E-state index contributed by atoms with van der Waals surface area (Å²) < 4.78 is 0. The van der Waals surface area contributed by atoms with Crippen molar-refractivity contribution in [1.29, 1.82) is 0 Å². The number of carbonyl (C=O) groups excluding carboxylic acids is 2. The van der Waals surface area contributed by atoms with Crippen LogP contribution in [0.5, 0.6) is 0 Å². The zero-order valence-electron chi connectivity index (χ0n) is 14.6. The van der Waals surface area contributed by atoms with Gasteiger partial charge in [-0.2, -0.15) is 15.4 Å². The summed E-state index contributed by atoms with van der Waals surface area (Å²) in [7, 11) is 0. The van der Waals surface area contributed by atoms with Crippen LogP contribution in [0.3, 0.4) is 0 Å². The van der Waals surface area contributed by atoms with Crippen molar-refractivity contribution in [1.82, 2.24) is 25.2 Å². The molecule has 3 heterocycles. The smallest absolute Gasteiger partial charge is 0.276 e. The zero-order valence-corrected chi connectivity index (χ0v) is 14.6. The fraction of sp³-hybridized carbons (Fsp3) is 0.444. The molecule has 0 unspecified atom stereocenters. The topological polar surface area (TPSA) is 85.4 Å². The number of hydrogen-bond donors (Lipinski definition) is 1.